The number of nitrogens with zero attached hydrogens (tertiary/aromatic N) is 1. The first-order chi connectivity index (χ1) is 10.9. The van der Waals surface area contributed by atoms with Crippen molar-refractivity contribution in [1.82, 2.24) is 4.98 Å². The first-order valence-electron chi connectivity index (χ1n) is 6.46. The lowest BCUT2D eigenvalue weighted by molar-refractivity contribution is -0.123. The molecule has 1 unspecified atom stereocenters. The predicted octanol–water partition coefficient (Wildman–Crippen LogP) is 4.23. The number of halogens is 3. The van der Waals surface area contributed by atoms with Crippen LogP contribution in [0.3, 0.4) is 0 Å². The van der Waals surface area contributed by atoms with Gasteiger partial charge in [-0.15, -0.1) is 0 Å². The van der Waals surface area contributed by atoms with Crippen LogP contribution in [-0.2, 0) is 9.53 Å². The van der Waals surface area contributed by atoms with E-state index >= 15 is 0 Å². The molecule has 23 heavy (non-hydrogen) atoms. The molecule has 1 atom stereocenters. The number of aromatic nitrogens is 1. The van der Waals surface area contributed by atoms with E-state index in [-0.39, 0.29) is 15.7 Å². The molecule has 1 N–H and O–H groups in total. The van der Waals surface area contributed by atoms with E-state index in [2.05, 4.69) is 10.3 Å². The molecule has 0 radical (unpaired) electrons. The van der Waals surface area contributed by atoms with E-state index in [4.69, 9.17) is 39.5 Å². The van der Waals surface area contributed by atoms with Crippen molar-refractivity contribution >= 4 is 52.4 Å². The Morgan fingerprint density at radius 1 is 1.22 bits per heavy atom. The number of rotatable bonds is 4. The number of esters is 1. The lowest BCUT2D eigenvalue weighted by Gasteiger charge is -2.14. The predicted molar refractivity (Wildman–Crippen MR) is 89.2 cm³/mol. The van der Waals surface area contributed by atoms with Crippen LogP contribution in [0.5, 0.6) is 0 Å². The van der Waals surface area contributed by atoms with Gasteiger partial charge in [0.25, 0.3) is 5.91 Å². The number of hydrogen-bond donors (Lipinski definition) is 1. The second kappa shape index (κ2) is 7.64. The van der Waals surface area contributed by atoms with Gasteiger partial charge in [-0.05, 0) is 31.2 Å². The Bertz CT molecular complexity index is 752. The van der Waals surface area contributed by atoms with Crippen molar-refractivity contribution < 1.29 is 14.3 Å². The second-order valence-corrected chi connectivity index (χ2v) is 5.68. The third-order valence-corrected chi connectivity index (χ3v) is 3.85. The van der Waals surface area contributed by atoms with Gasteiger partial charge < -0.3 is 10.1 Å². The lowest BCUT2D eigenvalue weighted by atomic mass is 10.2. The molecule has 0 aliphatic rings. The quantitative estimate of drug-likeness (QED) is 0.643. The molecule has 0 spiro atoms. The number of anilines is 1. The van der Waals surface area contributed by atoms with E-state index in [0.717, 1.165) is 0 Å². The van der Waals surface area contributed by atoms with E-state index in [1.165, 1.54) is 25.3 Å². The maximum absolute atomic E-state index is 12.1. The van der Waals surface area contributed by atoms with E-state index < -0.39 is 18.0 Å². The minimum Gasteiger partial charge on any atom is -0.449 e. The Hall–Kier alpha value is -1.82. The summed E-state index contributed by atoms with van der Waals surface area (Å²) in [5, 5.41) is 3.22. The van der Waals surface area contributed by atoms with Crippen LogP contribution < -0.4 is 5.32 Å². The molecule has 8 heteroatoms. The number of benzene rings is 1. The van der Waals surface area contributed by atoms with Crippen molar-refractivity contribution in [2.45, 2.75) is 13.0 Å². The van der Waals surface area contributed by atoms with Crippen molar-refractivity contribution in [2.24, 2.45) is 0 Å². The second-order valence-electron chi connectivity index (χ2n) is 4.51. The fraction of sp³-hybridized carbons (Fsp3) is 0.133. The molecule has 120 valence electrons. The molecule has 5 nitrogen and oxygen atoms in total. The molecular weight excluding hydrogens is 363 g/mol. The molecule has 2 aromatic rings. The Kier molecular flexibility index (Phi) is 5.82. The van der Waals surface area contributed by atoms with Crippen LogP contribution in [0.15, 0.2) is 36.5 Å². The van der Waals surface area contributed by atoms with Crippen molar-refractivity contribution in [1.29, 1.82) is 0 Å². The Morgan fingerprint density at radius 2 is 1.96 bits per heavy atom. The molecule has 1 aromatic carbocycles. The minimum absolute atomic E-state index is 0.155. The number of amides is 1. The molecular formula is C15H11Cl3N2O3. The number of pyridine rings is 1. The summed E-state index contributed by atoms with van der Waals surface area (Å²) >= 11 is 17.6. The maximum atomic E-state index is 12.1. The molecule has 0 saturated heterocycles. The highest BCUT2D eigenvalue weighted by atomic mass is 35.5. The van der Waals surface area contributed by atoms with Crippen LogP contribution in [0.4, 0.5) is 5.69 Å². The summed E-state index contributed by atoms with van der Waals surface area (Å²) in [6, 6.07) is 7.61. The average molecular weight is 374 g/mol. The summed E-state index contributed by atoms with van der Waals surface area (Å²) in [6.45, 7) is 1.44. The molecule has 1 aromatic heterocycles. The van der Waals surface area contributed by atoms with Gasteiger partial charge in [0.05, 0.1) is 21.3 Å². The molecule has 0 saturated carbocycles. The summed E-state index contributed by atoms with van der Waals surface area (Å²) in [5.41, 5.74) is 0.532. The fourth-order valence-corrected chi connectivity index (χ4v) is 2.17. The minimum atomic E-state index is -1.04. The van der Waals surface area contributed by atoms with Crippen LogP contribution in [0.1, 0.15) is 17.3 Å². The lowest BCUT2D eigenvalue weighted by Crippen LogP contribution is -2.30. The van der Waals surface area contributed by atoms with Crippen molar-refractivity contribution in [2.75, 3.05) is 5.32 Å². The van der Waals surface area contributed by atoms with Crippen LogP contribution in [0, 0.1) is 0 Å². The van der Waals surface area contributed by atoms with Gasteiger partial charge in [0.2, 0.25) is 0 Å². The molecule has 0 aliphatic heterocycles. The van der Waals surface area contributed by atoms with E-state index in [9.17, 15) is 9.59 Å². The summed E-state index contributed by atoms with van der Waals surface area (Å²) in [5.74, 6) is -1.23. The fourth-order valence-electron chi connectivity index (χ4n) is 1.65. The number of carbonyl (C=O) groups excluding carboxylic acids is 2. The zero-order valence-electron chi connectivity index (χ0n) is 11.8. The largest absolute Gasteiger partial charge is 0.449 e. The average Bonchev–Trinajstić information content (AvgIpc) is 2.51. The van der Waals surface area contributed by atoms with Gasteiger partial charge in [0, 0.05) is 6.20 Å². The van der Waals surface area contributed by atoms with Crippen LogP contribution in [0.25, 0.3) is 0 Å². The zero-order chi connectivity index (χ0) is 17.0. The van der Waals surface area contributed by atoms with Crippen LogP contribution >= 0.6 is 34.8 Å². The molecule has 0 bridgehead atoms. The van der Waals surface area contributed by atoms with Gasteiger partial charge in [-0.1, -0.05) is 40.9 Å². The SMILES string of the molecule is CC(OC(=O)c1ccnc(Cl)c1)C(=O)Nc1cccc(Cl)c1Cl. The first kappa shape index (κ1) is 17.5. The van der Waals surface area contributed by atoms with Crippen LogP contribution in [-0.4, -0.2) is 23.0 Å². The van der Waals surface area contributed by atoms with Gasteiger partial charge in [0.1, 0.15) is 5.15 Å². The normalized spacial score (nSPS) is 11.7. The molecule has 0 fully saturated rings. The summed E-state index contributed by atoms with van der Waals surface area (Å²) in [6.07, 6.45) is 0.333. The maximum Gasteiger partial charge on any atom is 0.339 e. The molecule has 1 amide bonds. The highest BCUT2D eigenvalue weighted by molar-refractivity contribution is 6.44. The van der Waals surface area contributed by atoms with E-state index in [0.29, 0.717) is 10.7 Å². The van der Waals surface area contributed by atoms with Crippen molar-refractivity contribution in [3.8, 4) is 0 Å². The smallest absolute Gasteiger partial charge is 0.339 e. The summed E-state index contributed by atoms with van der Waals surface area (Å²) in [7, 11) is 0. The molecule has 0 aliphatic carbocycles. The zero-order valence-corrected chi connectivity index (χ0v) is 14.1. The number of hydrogen-bond acceptors (Lipinski definition) is 4. The number of nitrogens with one attached hydrogen (secondary N) is 1. The van der Waals surface area contributed by atoms with Gasteiger partial charge >= 0.3 is 5.97 Å². The summed E-state index contributed by atoms with van der Waals surface area (Å²) < 4.78 is 5.08. The Labute approximate surface area is 147 Å². The monoisotopic (exact) mass is 372 g/mol. The van der Waals surface area contributed by atoms with E-state index in [1.807, 2.05) is 0 Å². The highest BCUT2D eigenvalue weighted by Crippen LogP contribution is 2.29. The molecule has 1 heterocycles. The van der Waals surface area contributed by atoms with Crippen molar-refractivity contribution in [3.05, 3.63) is 57.3 Å². The van der Waals surface area contributed by atoms with Gasteiger partial charge in [-0.3, -0.25) is 4.79 Å². The van der Waals surface area contributed by atoms with Gasteiger partial charge in [0.15, 0.2) is 6.10 Å². The third-order valence-electron chi connectivity index (χ3n) is 2.82. The number of ether oxygens (including phenoxy) is 1. The highest BCUT2D eigenvalue weighted by Gasteiger charge is 2.20. The van der Waals surface area contributed by atoms with Gasteiger partial charge in [-0.2, -0.15) is 0 Å². The number of carbonyl (C=O) groups is 2. The first-order valence-corrected chi connectivity index (χ1v) is 7.59. The van der Waals surface area contributed by atoms with Gasteiger partial charge in [-0.25, -0.2) is 9.78 Å². The molecule has 2 rings (SSSR count). The standard InChI is InChI=1S/C15H11Cl3N2O3/c1-8(23-15(22)9-5-6-19-12(17)7-9)14(21)20-11-4-2-3-10(16)13(11)18/h2-8H,1H3,(H,20,21). The topological polar surface area (TPSA) is 68.3 Å². The summed E-state index contributed by atoms with van der Waals surface area (Å²) in [4.78, 5) is 27.8. The third kappa shape index (κ3) is 4.58. The Balaban J connectivity index is 2.02. The van der Waals surface area contributed by atoms with Crippen molar-refractivity contribution in [3.63, 3.8) is 0 Å². The van der Waals surface area contributed by atoms with Crippen LogP contribution in [0.2, 0.25) is 15.2 Å². The Morgan fingerprint density at radius 3 is 2.65 bits per heavy atom. The van der Waals surface area contributed by atoms with E-state index in [1.54, 1.807) is 18.2 Å².